The number of nitriles is 1. The molecule has 0 bridgehead atoms. The number of para-hydroxylation sites is 1. The average Bonchev–Trinajstić information content (AvgIpc) is 3.04. The van der Waals surface area contributed by atoms with Crippen LogP contribution >= 0.6 is 11.8 Å². The van der Waals surface area contributed by atoms with E-state index in [1.165, 1.54) is 17.3 Å². The number of benzene rings is 2. The van der Waals surface area contributed by atoms with Crippen molar-refractivity contribution in [3.05, 3.63) is 54.1 Å². The van der Waals surface area contributed by atoms with Gasteiger partial charge in [0, 0.05) is 5.69 Å². The maximum atomic E-state index is 8.88. The molecule has 120 valence electrons. The molecule has 0 aliphatic heterocycles. The fourth-order valence-corrected chi connectivity index (χ4v) is 3.00. The Morgan fingerprint density at radius 2 is 1.88 bits per heavy atom. The third-order valence-electron chi connectivity index (χ3n) is 3.54. The Bertz CT molecular complexity index is 881. The van der Waals surface area contributed by atoms with Crippen molar-refractivity contribution >= 4 is 11.8 Å². The van der Waals surface area contributed by atoms with Gasteiger partial charge < -0.3 is 4.74 Å². The Labute approximate surface area is 144 Å². The van der Waals surface area contributed by atoms with Gasteiger partial charge in [-0.2, -0.15) is 5.26 Å². The summed E-state index contributed by atoms with van der Waals surface area (Å²) in [6, 6.07) is 18.0. The van der Waals surface area contributed by atoms with Gasteiger partial charge in [0.05, 0.1) is 24.5 Å². The molecule has 0 fully saturated rings. The second-order valence-corrected chi connectivity index (χ2v) is 6.07. The largest absolute Gasteiger partial charge is 0.496 e. The lowest BCUT2D eigenvalue weighted by molar-refractivity contribution is 0.416. The SMILES string of the molecule is COc1ccccc1-c1nnc(SCC#N)n1-c1ccc(C)cc1. The molecule has 5 nitrogen and oxygen atoms in total. The molecule has 3 rings (SSSR count). The lowest BCUT2D eigenvalue weighted by atomic mass is 10.1. The molecule has 0 aliphatic rings. The summed E-state index contributed by atoms with van der Waals surface area (Å²) >= 11 is 1.36. The fourth-order valence-electron chi connectivity index (χ4n) is 2.39. The molecule has 0 N–H and O–H groups in total. The molecule has 1 aromatic heterocycles. The topological polar surface area (TPSA) is 63.7 Å². The van der Waals surface area contributed by atoms with Crippen LogP contribution in [0.1, 0.15) is 5.56 Å². The van der Waals surface area contributed by atoms with Crippen molar-refractivity contribution in [1.82, 2.24) is 14.8 Å². The van der Waals surface area contributed by atoms with E-state index in [4.69, 9.17) is 10.00 Å². The Morgan fingerprint density at radius 1 is 1.12 bits per heavy atom. The maximum absolute atomic E-state index is 8.88. The zero-order valence-corrected chi connectivity index (χ0v) is 14.2. The van der Waals surface area contributed by atoms with Crippen molar-refractivity contribution in [1.29, 1.82) is 5.26 Å². The minimum atomic E-state index is 0.315. The molecule has 0 radical (unpaired) electrons. The van der Waals surface area contributed by atoms with Crippen LogP contribution in [0.5, 0.6) is 5.75 Å². The smallest absolute Gasteiger partial charge is 0.197 e. The number of nitrogens with zero attached hydrogens (tertiary/aromatic N) is 4. The molecule has 6 heteroatoms. The molecule has 0 aliphatic carbocycles. The van der Waals surface area contributed by atoms with Crippen LogP contribution in [0.4, 0.5) is 0 Å². The summed E-state index contributed by atoms with van der Waals surface area (Å²) in [6.07, 6.45) is 0. The first kappa shape index (κ1) is 16.1. The summed E-state index contributed by atoms with van der Waals surface area (Å²) in [4.78, 5) is 0. The van der Waals surface area contributed by atoms with Gasteiger partial charge in [0.1, 0.15) is 5.75 Å². The van der Waals surface area contributed by atoms with Gasteiger partial charge in [-0.3, -0.25) is 4.57 Å². The molecule has 2 aromatic carbocycles. The van der Waals surface area contributed by atoms with Gasteiger partial charge in [0.2, 0.25) is 0 Å². The highest BCUT2D eigenvalue weighted by molar-refractivity contribution is 7.99. The van der Waals surface area contributed by atoms with E-state index in [-0.39, 0.29) is 0 Å². The van der Waals surface area contributed by atoms with Crippen molar-refractivity contribution in [3.8, 4) is 28.9 Å². The molecule has 0 spiro atoms. The lowest BCUT2D eigenvalue weighted by Crippen LogP contribution is -2.01. The minimum absolute atomic E-state index is 0.315. The van der Waals surface area contributed by atoms with Gasteiger partial charge in [-0.05, 0) is 31.2 Å². The van der Waals surface area contributed by atoms with Gasteiger partial charge in [0.25, 0.3) is 0 Å². The van der Waals surface area contributed by atoms with Crippen LogP contribution < -0.4 is 4.74 Å². The van der Waals surface area contributed by atoms with E-state index < -0.39 is 0 Å². The van der Waals surface area contributed by atoms with E-state index in [0.717, 1.165) is 17.0 Å². The van der Waals surface area contributed by atoms with E-state index in [2.05, 4.69) is 16.3 Å². The van der Waals surface area contributed by atoms with E-state index in [1.807, 2.05) is 60.0 Å². The second-order valence-electron chi connectivity index (χ2n) is 5.12. The number of aromatic nitrogens is 3. The first-order valence-electron chi connectivity index (χ1n) is 7.40. The maximum Gasteiger partial charge on any atom is 0.197 e. The molecule has 0 amide bonds. The van der Waals surface area contributed by atoms with E-state index in [1.54, 1.807) is 7.11 Å². The Kier molecular flexibility index (Phi) is 4.82. The van der Waals surface area contributed by atoms with Crippen LogP contribution in [-0.4, -0.2) is 27.6 Å². The molecule has 0 saturated heterocycles. The summed E-state index contributed by atoms with van der Waals surface area (Å²) in [5.41, 5.74) is 2.99. The standard InChI is InChI=1S/C18H16N4OS/c1-13-7-9-14(10-8-13)22-17(20-21-18(22)24-12-11-19)15-5-3-4-6-16(15)23-2/h3-10H,12H2,1-2H3. The summed E-state index contributed by atoms with van der Waals surface area (Å²) in [6.45, 7) is 2.04. The van der Waals surface area contributed by atoms with Crippen LogP contribution in [-0.2, 0) is 0 Å². The summed E-state index contributed by atoms with van der Waals surface area (Å²) in [5, 5.41) is 18.2. The van der Waals surface area contributed by atoms with Crippen molar-refractivity contribution < 1.29 is 4.74 Å². The summed E-state index contributed by atoms with van der Waals surface area (Å²) in [7, 11) is 1.64. The normalized spacial score (nSPS) is 10.4. The van der Waals surface area contributed by atoms with Crippen LogP contribution in [0, 0.1) is 18.3 Å². The second kappa shape index (κ2) is 7.20. The number of thioether (sulfide) groups is 1. The van der Waals surface area contributed by atoms with Crippen molar-refractivity contribution in [2.45, 2.75) is 12.1 Å². The quantitative estimate of drug-likeness (QED) is 0.662. The highest BCUT2D eigenvalue weighted by Gasteiger charge is 2.18. The zero-order chi connectivity index (χ0) is 16.9. The average molecular weight is 336 g/mol. The predicted molar refractivity (Wildman–Crippen MR) is 94.4 cm³/mol. The van der Waals surface area contributed by atoms with Crippen molar-refractivity contribution in [2.75, 3.05) is 12.9 Å². The molecule has 3 aromatic rings. The summed E-state index contributed by atoms with van der Waals surface area (Å²) in [5.74, 6) is 1.74. The molecule has 1 heterocycles. The Balaban J connectivity index is 2.18. The van der Waals surface area contributed by atoms with Gasteiger partial charge in [-0.1, -0.05) is 41.6 Å². The zero-order valence-electron chi connectivity index (χ0n) is 13.4. The highest BCUT2D eigenvalue weighted by Crippen LogP contribution is 2.33. The number of ether oxygens (including phenoxy) is 1. The molecular formula is C18H16N4OS. The molecule has 24 heavy (non-hydrogen) atoms. The number of hydrogen-bond donors (Lipinski definition) is 0. The first-order valence-corrected chi connectivity index (χ1v) is 8.38. The number of hydrogen-bond acceptors (Lipinski definition) is 5. The lowest BCUT2D eigenvalue weighted by Gasteiger charge is -2.12. The third-order valence-corrected chi connectivity index (χ3v) is 4.34. The minimum Gasteiger partial charge on any atom is -0.496 e. The van der Waals surface area contributed by atoms with E-state index >= 15 is 0 Å². The van der Waals surface area contributed by atoms with Crippen LogP contribution in [0.15, 0.2) is 53.7 Å². The molecule has 0 atom stereocenters. The van der Waals surface area contributed by atoms with Crippen molar-refractivity contribution in [3.63, 3.8) is 0 Å². The van der Waals surface area contributed by atoms with Crippen LogP contribution in [0.2, 0.25) is 0 Å². The number of methoxy groups -OCH3 is 1. The van der Waals surface area contributed by atoms with Gasteiger partial charge >= 0.3 is 0 Å². The van der Waals surface area contributed by atoms with Crippen molar-refractivity contribution in [2.24, 2.45) is 0 Å². The van der Waals surface area contributed by atoms with Crippen LogP contribution in [0.25, 0.3) is 17.1 Å². The number of aryl methyl sites for hydroxylation is 1. The predicted octanol–water partition coefficient (Wildman–Crippen LogP) is 3.87. The Morgan fingerprint density at radius 3 is 2.58 bits per heavy atom. The number of rotatable bonds is 5. The van der Waals surface area contributed by atoms with Gasteiger partial charge in [-0.15, -0.1) is 10.2 Å². The monoisotopic (exact) mass is 336 g/mol. The fraction of sp³-hybridized carbons (Fsp3) is 0.167. The molecule has 0 saturated carbocycles. The van der Waals surface area contributed by atoms with Gasteiger partial charge in [-0.25, -0.2) is 0 Å². The summed E-state index contributed by atoms with van der Waals surface area (Å²) < 4.78 is 7.42. The first-order chi connectivity index (χ1) is 11.7. The molecular weight excluding hydrogens is 320 g/mol. The molecule has 0 unspecified atom stereocenters. The van der Waals surface area contributed by atoms with E-state index in [0.29, 0.717) is 16.7 Å². The third kappa shape index (κ3) is 3.12. The van der Waals surface area contributed by atoms with Gasteiger partial charge in [0.15, 0.2) is 11.0 Å². The highest BCUT2D eigenvalue weighted by atomic mass is 32.2. The Hall–Kier alpha value is -2.78. The van der Waals surface area contributed by atoms with Crippen LogP contribution in [0.3, 0.4) is 0 Å². The van der Waals surface area contributed by atoms with E-state index in [9.17, 15) is 0 Å².